The molecule has 0 fully saturated rings. The van der Waals surface area contributed by atoms with Gasteiger partial charge in [0.15, 0.2) is 0 Å². The highest BCUT2D eigenvalue weighted by molar-refractivity contribution is 5.92. The van der Waals surface area contributed by atoms with E-state index in [4.69, 9.17) is 9.47 Å². The van der Waals surface area contributed by atoms with E-state index in [2.05, 4.69) is 15.4 Å². The van der Waals surface area contributed by atoms with Crippen molar-refractivity contribution in [3.63, 3.8) is 0 Å². The van der Waals surface area contributed by atoms with Crippen LogP contribution in [0.25, 0.3) is 0 Å². The molecule has 7 nitrogen and oxygen atoms in total. The van der Waals surface area contributed by atoms with Crippen molar-refractivity contribution in [1.29, 1.82) is 0 Å². The molecule has 1 atom stereocenters. The first-order valence-corrected chi connectivity index (χ1v) is 8.76. The maximum absolute atomic E-state index is 12.4. The van der Waals surface area contributed by atoms with Gasteiger partial charge in [-0.3, -0.25) is 14.5 Å². The van der Waals surface area contributed by atoms with Gasteiger partial charge in [0, 0.05) is 31.1 Å². The van der Waals surface area contributed by atoms with E-state index in [0.29, 0.717) is 18.8 Å². The van der Waals surface area contributed by atoms with Crippen LogP contribution < -0.4 is 14.8 Å². The summed E-state index contributed by atoms with van der Waals surface area (Å²) >= 11 is 0. The molecular formula is C20H20N4O3. The fourth-order valence-electron chi connectivity index (χ4n) is 3.12. The summed E-state index contributed by atoms with van der Waals surface area (Å²) < 4.78 is 13.0. The number of benzene rings is 1. The summed E-state index contributed by atoms with van der Waals surface area (Å²) in [4.78, 5) is 16.4. The number of methoxy groups -OCH3 is 1. The van der Waals surface area contributed by atoms with Crippen LogP contribution in [0.1, 0.15) is 21.7 Å². The van der Waals surface area contributed by atoms with E-state index in [-0.39, 0.29) is 12.0 Å². The Kier molecular flexibility index (Phi) is 4.74. The third kappa shape index (κ3) is 3.92. The van der Waals surface area contributed by atoms with E-state index in [0.717, 1.165) is 29.2 Å². The molecule has 1 N–H and O–H groups in total. The van der Waals surface area contributed by atoms with Crippen molar-refractivity contribution in [1.82, 2.24) is 20.1 Å². The second-order valence-electron chi connectivity index (χ2n) is 6.36. The lowest BCUT2D eigenvalue weighted by Gasteiger charge is -2.12. The molecular weight excluding hydrogens is 344 g/mol. The normalized spacial score (nSPS) is 15.2. The lowest BCUT2D eigenvalue weighted by atomic mass is 10.2. The Labute approximate surface area is 156 Å². The van der Waals surface area contributed by atoms with Gasteiger partial charge in [-0.15, -0.1) is 0 Å². The number of aromatic nitrogens is 3. The first kappa shape index (κ1) is 17.1. The van der Waals surface area contributed by atoms with E-state index in [1.54, 1.807) is 19.5 Å². The minimum atomic E-state index is -0.189. The summed E-state index contributed by atoms with van der Waals surface area (Å²) in [6.07, 6.45) is 4.14. The van der Waals surface area contributed by atoms with Crippen molar-refractivity contribution < 1.29 is 14.3 Å². The Morgan fingerprint density at radius 1 is 1.22 bits per heavy atom. The number of hydrogen-bond donors (Lipinski definition) is 1. The highest BCUT2D eigenvalue weighted by Crippen LogP contribution is 2.21. The van der Waals surface area contributed by atoms with Crippen LogP contribution in [0.15, 0.2) is 54.9 Å². The Bertz CT molecular complexity index is 916. The van der Waals surface area contributed by atoms with Gasteiger partial charge in [0.25, 0.3) is 5.91 Å². The number of hydrogen-bond acceptors (Lipinski definition) is 5. The predicted molar refractivity (Wildman–Crippen MR) is 98.7 cm³/mol. The standard InChI is InChI=1S/C20H20N4O3/c1-26-17-4-2-3-14(9-17)12-22-20(25)19-11-15-10-18(13-24(15)23-19)27-16-5-7-21-8-6-16/h2-9,11,18H,10,12-13H2,1H3,(H,22,25). The highest BCUT2D eigenvalue weighted by atomic mass is 16.5. The molecule has 4 rings (SSSR count). The average molecular weight is 364 g/mol. The average Bonchev–Trinajstić information content (AvgIpc) is 3.26. The van der Waals surface area contributed by atoms with Crippen molar-refractivity contribution in [2.24, 2.45) is 0 Å². The van der Waals surface area contributed by atoms with Gasteiger partial charge >= 0.3 is 0 Å². The maximum Gasteiger partial charge on any atom is 0.272 e. The fraction of sp³-hybridized carbons (Fsp3) is 0.250. The number of nitrogens with zero attached hydrogens (tertiary/aromatic N) is 3. The summed E-state index contributed by atoms with van der Waals surface area (Å²) in [5.74, 6) is 1.37. The van der Waals surface area contributed by atoms with Gasteiger partial charge in [-0.05, 0) is 35.9 Å². The minimum Gasteiger partial charge on any atom is -0.497 e. The molecule has 138 valence electrons. The zero-order chi connectivity index (χ0) is 18.6. The van der Waals surface area contributed by atoms with Gasteiger partial charge in [0.05, 0.1) is 13.7 Å². The molecule has 0 bridgehead atoms. The number of carbonyl (C=O) groups is 1. The maximum atomic E-state index is 12.4. The zero-order valence-electron chi connectivity index (χ0n) is 15.0. The van der Waals surface area contributed by atoms with E-state index < -0.39 is 0 Å². The summed E-state index contributed by atoms with van der Waals surface area (Å²) in [5, 5.41) is 7.31. The zero-order valence-corrected chi connectivity index (χ0v) is 15.0. The summed E-state index contributed by atoms with van der Waals surface area (Å²) in [7, 11) is 1.62. The van der Waals surface area contributed by atoms with Crippen LogP contribution in [-0.4, -0.2) is 33.9 Å². The van der Waals surface area contributed by atoms with Crippen molar-refractivity contribution >= 4 is 5.91 Å². The van der Waals surface area contributed by atoms with E-state index in [1.165, 1.54) is 0 Å². The van der Waals surface area contributed by atoms with Gasteiger partial charge in [-0.2, -0.15) is 5.10 Å². The van der Waals surface area contributed by atoms with Crippen molar-refractivity contribution in [3.05, 3.63) is 71.8 Å². The monoisotopic (exact) mass is 364 g/mol. The van der Waals surface area contributed by atoms with Crippen LogP contribution in [0.4, 0.5) is 0 Å². The van der Waals surface area contributed by atoms with Crippen LogP contribution in [0.2, 0.25) is 0 Å². The first-order valence-electron chi connectivity index (χ1n) is 8.76. The highest BCUT2D eigenvalue weighted by Gasteiger charge is 2.26. The molecule has 2 aromatic heterocycles. The Hall–Kier alpha value is -3.35. The number of carbonyl (C=O) groups excluding carboxylic acids is 1. The predicted octanol–water partition coefficient (Wildman–Crippen LogP) is 2.22. The largest absolute Gasteiger partial charge is 0.497 e. The molecule has 3 aromatic rings. The van der Waals surface area contributed by atoms with Gasteiger partial charge < -0.3 is 14.8 Å². The van der Waals surface area contributed by atoms with E-state index in [1.807, 2.05) is 47.1 Å². The van der Waals surface area contributed by atoms with E-state index >= 15 is 0 Å². The van der Waals surface area contributed by atoms with Gasteiger partial charge in [0.2, 0.25) is 0 Å². The van der Waals surface area contributed by atoms with E-state index in [9.17, 15) is 4.79 Å². The van der Waals surface area contributed by atoms with Crippen molar-refractivity contribution in [3.8, 4) is 11.5 Å². The number of pyridine rings is 1. The molecule has 1 aliphatic heterocycles. The molecule has 0 saturated heterocycles. The molecule has 3 heterocycles. The number of amides is 1. The number of nitrogens with one attached hydrogen (secondary N) is 1. The quantitative estimate of drug-likeness (QED) is 0.726. The molecule has 27 heavy (non-hydrogen) atoms. The number of rotatable bonds is 6. The second-order valence-corrected chi connectivity index (χ2v) is 6.36. The summed E-state index contributed by atoms with van der Waals surface area (Å²) in [5.41, 5.74) is 2.40. The van der Waals surface area contributed by atoms with Crippen molar-refractivity contribution in [2.75, 3.05) is 7.11 Å². The molecule has 7 heteroatoms. The first-order chi connectivity index (χ1) is 13.2. The molecule has 0 radical (unpaired) electrons. The molecule has 0 saturated carbocycles. The number of fused-ring (bicyclic) bond motifs is 1. The lowest BCUT2D eigenvalue weighted by Crippen LogP contribution is -2.24. The molecule has 1 aliphatic rings. The Morgan fingerprint density at radius 3 is 2.85 bits per heavy atom. The van der Waals surface area contributed by atoms with Crippen LogP contribution in [0.3, 0.4) is 0 Å². The SMILES string of the molecule is COc1cccc(CNC(=O)c2cc3n(n2)CC(Oc2ccncc2)C3)c1. The third-order valence-electron chi connectivity index (χ3n) is 4.45. The van der Waals surface area contributed by atoms with Crippen LogP contribution >= 0.6 is 0 Å². The molecule has 0 aliphatic carbocycles. The van der Waals surface area contributed by atoms with Crippen LogP contribution in [-0.2, 0) is 19.5 Å². The second kappa shape index (κ2) is 7.49. The molecule has 1 amide bonds. The fourth-order valence-corrected chi connectivity index (χ4v) is 3.12. The Morgan fingerprint density at radius 2 is 2.07 bits per heavy atom. The lowest BCUT2D eigenvalue weighted by molar-refractivity contribution is 0.0944. The van der Waals surface area contributed by atoms with Crippen molar-refractivity contribution in [2.45, 2.75) is 25.6 Å². The molecule has 1 aromatic carbocycles. The third-order valence-corrected chi connectivity index (χ3v) is 4.45. The molecule has 0 spiro atoms. The topological polar surface area (TPSA) is 78.3 Å². The van der Waals surface area contributed by atoms with Gasteiger partial charge in [0.1, 0.15) is 23.3 Å². The smallest absolute Gasteiger partial charge is 0.272 e. The Balaban J connectivity index is 1.34. The van der Waals surface area contributed by atoms with Gasteiger partial charge in [-0.25, -0.2) is 0 Å². The minimum absolute atomic E-state index is 0.0174. The summed E-state index contributed by atoms with van der Waals surface area (Å²) in [6.45, 7) is 1.05. The summed E-state index contributed by atoms with van der Waals surface area (Å²) in [6, 6.07) is 13.1. The number of ether oxygens (including phenoxy) is 2. The van der Waals surface area contributed by atoms with Crippen LogP contribution in [0.5, 0.6) is 11.5 Å². The molecule has 1 unspecified atom stereocenters. The van der Waals surface area contributed by atoms with Crippen LogP contribution in [0, 0.1) is 0 Å². The van der Waals surface area contributed by atoms with Gasteiger partial charge in [-0.1, -0.05) is 12.1 Å².